The molecule has 0 aromatic heterocycles. The second-order valence-corrected chi connectivity index (χ2v) is 12.2. The average molecular weight is 474 g/mol. The van der Waals surface area contributed by atoms with Gasteiger partial charge in [0.15, 0.2) is 11.5 Å². The van der Waals surface area contributed by atoms with Crippen molar-refractivity contribution in [1.82, 2.24) is 4.90 Å². The van der Waals surface area contributed by atoms with Crippen LogP contribution in [0.4, 0.5) is 4.79 Å². The monoisotopic (exact) mass is 473 g/mol. The van der Waals surface area contributed by atoms with Gasteiger partial charge in [0.1, 0.15) is 11.2 Å². The molecule has 0 saturated carbocycles. The molecule has 3 heterocycles. The average Bonchev–Trinajstić information content (AvgIpc) is 2.71. The van der Waals surface area contributed by atoms with Crippen LogP contribution in [-0.2, 0) is 9.47 Å². The van der Waals surface area contributed by atoms with E-state index < -0.39 is 5.60 Å². The lowest BCUT2D eigenvalue weighted by molar-refractivity contribution is -0.200. The van der Waals surface area contributed by atoms with E-state index in [1.165, 1.54) is 6.42 Å². The van der Waals surface area contributed by atoms with Crippen molar-refractivity contribution < 1.29 is 23.7 Å². The predicted octanol–water partition coefficient (Wildman–Crippen LogP) is 6.38. The van der Waals surface area contributed by atoms with Crippen LogP contribution in [0, 0.1) is 17.3 Å². The van der Waals surface area contributed by atoms with E-state index in [0.29, 0.717) is 32.2 Å². The molecule has 0 radical (unpaired) electrons. The second-order valence-electron chi connectivity index (χ2n) is 12.2. The first-order valence-corrected chi connectivity index (χ1v) is 13.0. The second kappa shape index (κ2) is 9.25. The number of carbonyl (C=O) groups is 1. The van der Waals surface area contributed by atoms with Crippen LogP contribution in [0.1, 0.15) is 85.8 Å². The van der Waals surface area contributed by atoms with E-state index in [2.05, 4.69) is 26.8 Å². The molecule has 1 spiro atoms. The molecule has 0 aliphatic carbocycles. The molecule has 34 heavy (non-hydrogen) atoms. The Morgan fingerprint density at radius 2 is 2.00 bits per heavy atom. The van der Waals surface area contributed by atoms with Gasteiger partial charge >= 0.3 is 6.09 Å². The van der Waals surface area contributed by atoms with Gasteiger partial charge in [0.25, 0.3) is 0 Å². The van der Waals surface area contributed by atoms with Crippen molar-refractivity contribution in [2.24, 2.45) is 17.3 Å². The summed E-state index contributed by atoms with van der Waals surface area (Å²) < 4.78 is 25.0. The number of fused-ring (bicyclic) bond motifs is 3. The third kappa shape index (κ3) is 5.02. The van der Waals surface area contributed by atoms with Crippen molar-refractivity contribution in [3.05, 3.63) is 23.8 Å². The molecule has 0 N–H and O–H groups in total. The lowest BCUT2D eigenvalue weighted by atomic mass is 9.63. The Balaban J connectivity index is 1.56. The minimum atomic E-state index is -0.484. The molecule has 0 bridgehead atoms. The van der Waals surface area contributed by atoms with Crippen LogP contribution in [0.25, 0.3) is 0 Å². The van der Waals surface area contributed by atoms with Gasteiger partial charge in [-0.1, -0.05) is 32.4 Å². The van der Waals surface area contributed by atoms with Gasteiger partial charge in [-0.3, -0.25) is 0 Å². The molecule has 6 nitrogen and oxygen atoms in total. The SMILES string of the molecule is CCOc1cccc2c1O[C@](C)(CCCC(C)C)[C@H]1CC3(CO[C@H]21)CN(C(=O)OC(C)(C)C)C3. The summed E-state index contributed by atoms with van der Waals surface area (Å²) >= 11 is 0. The van der Waals surface area contributed by atoms with Crippen LogP contribution in [0.3, 0.4) is 0 Å². The minimum absolute atomic E-state index is 0.0191. The van der Waals surface area contributed by atoms with Crippen LogP contribution in [0.15, 0.2) is 18.2 Å². The maximum absolute atomic E-state index is 12.6. The zero-order valence-electron chi connectivity index (χ0n) is 22.1. The Labute approximate surface area is 205 Å². The molecule has 2 saturated heterocycles. The van der Waals surface area contributed by atoms with Crippen LogP contribution in [-0.4, -0.2) is 48.5 Å². The lowest BCUT2D eigenvalue weighted by Gasteiger charge is -2.59. The van der Waals surface area contributed by atoms with E-state index in [1.807, 2.05) is 44.7 Å². The highest BCUT2D eigenvalue weighted by atomic mass is 16.6. The molecule has 6 heteroatoms. The molecule has 3 aliphatic rings. The molecule has 1 aromatic carbocycles. The number of carbonyl (C=O) groups excluding carboxylic acids is 1. The largest absolute Gasteiger partial charge is 0.490 e. The first kappa shape index (κ1) is 25.2. The van der Waals surface area contributed by atoms with Gasteiger partial charge in [-0.05, 0) is 65.9 Å². The first-order chi connectivity index (χ1) is 16.0. The molecule has 2 fully saturated rings. The number of benzene rings is 1. The maximum atomic E-state index is 12.6. The Bertz CT molecular complexity index is 885. The number of hydrogen-bond acceptors (Lipinski definition) is 5. The van der Waals surface area contributed by atoms with Crippen molar-refractivity contribution >= 4 is 6.09 Å². The van der Waals surface area contributed by atoms with Gasteiger partial charge in [0, 0.05) is 30.0 Å². The van der Waals surface area contributed by atoms with E-state index >= 15 is 0 Å². The number of rotatable bonds is 6. The number of likely N-dealkylation sites (tertiary alicyclic amines) is 1. The first-order valence-electron chi connectivity index (χ1n) is 13.0. The van der Waals surface area contributed by atoms with Gasteiger partial charge in [-0.15, -0.1) is 0 Å². The van der Waals surface area contributed by atoms with Crippen LogP contribution < -0.4 is 9.47 Å². The van der Waals surface area contributed by atoms with Gasteiger partial charge in [-0.25, -0.2) is 4.79 Å². The number of amides is 1. The highest BCUT2D eigenvalue weighted by Crippen LogP contribution is 2.58. The molecule has 1 amide bonds. The third-order valence-electron chi connectivity index (χ3n) is 7.48. The van der Waals surface area contributed by atoms with Gasteiger partial charge < -0.3 is 23.8 Å². The summed E-state index contributed by atoms with van der Waals surface area (Å²) in [4.78, 5) is 14.4. The topological polar surface area (TPSA) is 57.2 Å². The van der Waals surface area contributed by atoms with Gasteiger partial charge in [0.05, 0.1) is 19.3 Å². The summed E-state index contributed by atoms with van der Waals surface area (Å²) in [7, 11) is 0. The van der Waals surface area contributed by atoms with Gasteiger partial charge in [0.2, 0.25) is 0 Å². The van der Waals surface area contributed by atoms with E-state index in [1.54, 1.807) is 0 Å². The summed E-state index contributed by atoms with van der Waals surface area (Å²) in [5.41, 5.74) is 0.229. The fourth-order valence-electron chi connectivity index (χ4n) is 5.84. The summed E-state index contributed by atoms with van der Waals surface area (Å²) in [6.45, 7) is 17.1. The van der Waals surface area contributed by atoms with E-state index in [-0.39, 0.29) is 29.1 Å². The summed E-state index contributed by atoms with van der Waals surface area (Å²) in [6, 6.07) is 6.15. The minimum Gasteiger partial charge on any atom is -0.490 e. The predicted molar refractivity (Wildman–Crippen MR) is 132 cm³/mol. The fourth-order valence-corrected chi connectivity index (χ4v) is 5.84. The normalized spacial score (nSPS) is 27.5. The molecule has 190 valence electrons. The van der Waals surface area contributed by atoms with Crippen molar-refractivity contribution in [3.8, 4) is 11.5 Å². The van der Waals surface area contributed by atoms with Gasteiger partial charge in [-0.2, -0.15) is 0 Å². The van der Waals surface area contributed by atoms with Crippen LogP contribution in [0.5, 0.6) is 11.5 Å². The van der Waals surface area contributed by atoms with E-state index in [4.69, 9.17) is 18.9 Å². The van der Waals surface area contributed by atoms with Crippen molar-refractivity contribution in [3.63, 3.8) is 0 Å². The summed E-state index contributed by atoms with van der Waals surface area (Å²) in [5, 5.41) is 0. The lowest BCUT2D eigenvalue weighted by Crippen LogP contribution is -2.65. The molecule has 3 atom stereocenters. The Morgan fingerprint density at radius 3 is 2.65 bits per heavy atom. The van der Waals surface area contributed by atoms with Crippen LogP contribution >= 0.6 is 0 Å². The quantitative estimate of drug-likeness (QED) is 0.480. The fraction of sp³-hybridized carbons (Fsp3) is 0.750. The van der Waals surface area contributed by atoms with Crippen molar-refractivity contribution in [2.45, 2.75) is 91.5 Å². The molecule has 3 aliphatic heterocycles. The maximum Gasteiger partial charge on any atom is 0.410 e. The summed E-state index contributed by atoms with van der Waals surface area (Å²) in [6.07, 6.45) is 3.99. The Kier molecular flexibility index (Phi) is 6.84. The molecular formula is C28H43NO5. The van der Waals surface area contributed by atoms with Crippen molar-refractivity contribution in [1.29, 1.82) is 0 Å². The number of ether oxygens (including phenoxy) is 4. The highest BCUT2D eigenvalue weighted by molar-refractivity contribution is 5.69. The number of hydrogen-bond donors (Lipinski definition) is 0. The highest BCUT2D eigenvalue weighted by Gasteiger charge is 2.58. The molecular weight excluding hydrogens is 430 g/mol. The molecule has 1 aromatic rings. The smallest absolute Gasteiger partial charge is 0.410 e. The molecule has 0 unspecified atom stereocenters. The third-order valence-corrected chi connectivity index (χ3v) is 7.48. The molecule has 4 rings (SSSR count). The zero-order chi connectivity index (χ0) is 24.7. The Hall–Kier alpha value is -1.95. The number of para-hydroxylation sites is 1. The zero-order valence-corrected chi connectivity index (χ0v) is 22.1. The van der Waals surface area contributed by atoms with E-state index in [0.717, 1.165) is 36.3 Å². The summed E-state index contributed by atoms with van der Waals surface area (Å²) in [5.74, 6) is 2.53. The number of nitrogens with zero attached hydrogens (tertiary/aromatic N) is 1. The van der Waals surface area contributed by atoms with E-state index in [9.17, 15) is 4.79 Å². The Morgan fingerprint density at radius 1 is 1.26 bits per heavy atom. The standard InChI is InChI=1S/C28H43NO5/c1-8-31-22-13-9-12-20-23-21(27(7,33-24(20)22)14-10-11-19(2)3)15-28(18-32-23)16-29(17-28)25(30)34-26(4,5)6/h9,12-13,19,21,23H,8,10-11,14-18H2,1-7H3/t21-,23+,27+/m0/s1. The van der Waals surface area contributed by atoms with Crippen LogP contribution in [0.2, 0.25) is 0 Å². The van der Waals surface area contributed by atoms with Crippen molar-refractivity contribution in [2.75, 3.05) is 26.3 Å².